The van der Waals surface area contributed by atoms with E-state index in [0.717, 1.165) is 32.6 Å². The Morgan fingerprint density at radius 2 is 1.14 bits per heavy atom. The SMILES string of the molecule is CC1(C)c2cc(-c3ccc(-c4nc5ccccc5s4)cc3)ccc2-c2ccc3c(c21)C(C)(C)c1cc(-c2ccc([O-])c4[nH+]cccc24)ccc1-3.[Li+]. The zero-order valence-corrected chi connectivity index (χ0v) is 30.2. The molecule has 51 heavy (non-hydrogen) atoms. The molecule has 0 bridgehead atoms. The summed E-state index contributed by atoms with van der Waals surface area (Å²) in [6, 6.07) is 43.5. The van der Waals surface area contributed by atoms with Gasteiger partial charge in [-0.2, -0.15) is 0 Å². The minimum absolute atomic E-state index is 0. The van der Waals surface area contributed by atoms with Gasteiger partial charge in [0.2, 0.25) is 5.52 Å². The molecule has 0 amide bonds. The van der Waals surface area contributed by atoms with Crippen LogP contribution in [-0.2, 0) is 10.8 Å². The van der Waals surface area contributed by atoms with Crippen molar-refractivity contribution in [3.63, 3.8) is 0 Å². The van der Waals surface area contributed by atoms with Crippen LogP contribution in [0.2, 0.25) is 0 Å². The maximum Gasteiger partial charge on any atom is 1.00 e. The van der Waals surface area contributed by atoms with Crippen molar-refractivity contribution in [2.75, 3.05) is 0 Å². The third kappa shape index (κ3) is 4.57. The molecule has 1 N–H and O–H groups in total. The van der Waals surface area contributed by atoms with Crippen LogP contribution in [0.1, 0.15) is 49.9 Å². The topological polar surface area (TPSA) is 50.1 Å². The minimum atomic E-state index is -0.203. The van der Waals surface area contributed by atoms with E-state index in [2.05, 4.69) is 124 Å². The van der Waals surface area contributed by atoms with Crippen molar-refractivity contribution >= 4 is 32.5 Å². The predicted octanol–water partition coefficient (Wildman–Crippen LogP) is 7.95. The first-order valence-corrected chi connectivity index (χ1v) is 18.1. The standard InChI is InChI=1S/C46H34N2OS.Li/c1-45(2)36-24-28(26-11-13-27(14-12-26)44-48-38-9-5-6-10-40(38)50-44)15-17-31(36)33-19-20-34-32-18-16-29(25-37(32)46(3,4)42(34)41(33)45)30-21-22-39(49)43-35(30)8-7-23-47-43;/h5-25,49H,1-4H3;/q;+1. The first kappa shape index (κ1) is 32.0. The van der Waals surface area contributed by atoms with Crippen LogP contribution in [0, 0.1) is 0 Å². The summed E-state index contributed by atoms with van der Waals surface area (Å²) in [5.41, 5.74) is 18.0. The average molecular weight is 670 g/mol. The van der Waals surface area contributed by atoms with Crippen LogP contribution in [0.15, 0.2) is 128 Å². The van der Waals surface area contributed by atoms with Crippen LogP contribution in [0.3, 0.4) is 0 Å². The number of H-pyrrole nitrogens is 1. The molecule has 5 heteroatoms. The second kappa shape index (κ2) is 11.3. The number of aromatic amines is 1. The van der Waals surface area contributed by atoms with Gasteiger partial charge in [-0.25, -0.2) is 9.97 Å². The second-order valence-corrected chi connectivity index (χ2v) is 15.8. The zero-order chi connectivity index (χ0) is 33.9. The summed E-state index contributed by atoms with van der Waals surface area (Å²) in [5, 5.41) is 14.6. The Bertz CT molecular complexity index is 2690. The van der Waals surface area contributed by atoms with Crippen molar-refractivity contribution in [1.82, 2.24) is 4.98 Å². The summed E-state index contributed by atoms with van der Waals surface area (Å²) in [4.78, 5) is 8.04. The van der Waals surface area contributed by atoms with Crippen LogP contribution in [-0.4, -0.2) is 4.98 Å². The van der Waals surface area contributed by atoms with E-state index in [4.69, 9.17) is 4.98 Å². The van der Waals surface area contributed by atoms with Gasteiger partial charge in [0, 0.05) is 22.5 Å². The fraction of sp³-hybridized carbons (Fsp3) is 0.130. The Morgan fingerprint density at radius 1 is 0.569 bits per heavy atom. The Kier molecular flexibility index (Phi) is 7.06. The summed E-state index contributed by atoms with van der Waals surface area (Å²) in [6.45, 7) is 9.56. The summed E-state index contributed by atoms with van der Waals surface area (Å²) >= 11 is 1.74. The first-order valence-electron chi connectivity index (χ1n) is 17.2. The number of nitrogens with one attached hydrogen (secondary N) is 1. The van der Waals surface area contributed by atoms with Crippen molar-refractivity contribution in [2.24, 2.45) is 0 Å². The third-order valence-corrected chi connectivity index (χ3v) is 12.4. The second-order valence-electron chi connectivity index (χ2n) is 14.8. The molecule has 6 aromatic carbocycles. The molecule has 240 valence electrons. The van der Waals surface area contributed by atoms with Crippen molar-refractivity contribution in [3.8, 4) is 60.8 Å². The Hall–Kier alpha value is -4.98. The number of hydrogen-bond acceptors (Lipinski definition) is 3. The van der Waals surface area contributed by atoms with E-state index in [0.29, 0.717) is 5.52 Å². The van der Waals surface area contributed by atoms with E-state index in [1.807, 2.05) is 30.5 Å². The summed E-state index contributed by atoms with van der Waals surface area (Å²) in [6.07, 6.45) is 1.82. The summed E-state index contributed by atoms with van der Waals surface area (Å²) in [5.74, 6) is 0.0141. The molecule has 0 unspecified atom stereocenters. The number of para-hydroxylation sites is 1. The van der Waals surface area contributed by atoms with Crippen LogP contribution in [0.25, 0.3) is 76.2 Å². The van der Waals surface area contributed by atoms with Gasteiger partial charge in [-0.3, -0.25) is 0 Å². The van der Waals surface area contributed by atoms with Crippen molar-refractivity contribution in [3.05, 3.63) is 150 Å². The van der Waals surface area contributed by atoms with Gasteiger partial charge in [0.1, 0.15) is 5.01 Å². The van der Waals surface area contributed by atoms with Crippen LogP contribution >= 0.6 is 11.3 Å². The number of hydrogen-bond donors (Lipinski definition) is 0. The number of fused-ring (bicyclic) bond motifs is 9. The van der Waals surface area contributed by atoms with Gasteiger partial charge in [0.25, 0.3) is 0 Å². The number of nitrogens with zero attached hydrogens (tertiary/aromatic N) is 1. The van der Waals surface area contributed by atoms with E-state index in [-0.39, 0.29) is 35.4 Å². The van der Waals surface area contributed by atoms with E-state index >= 15 is 0 Å². The number of pyridine rings is 1. The number of aromatic nitrogens is 2. The molecular weight excluding hydrogens is 636 g/mol. The van der Waals surface area contributed by atoms with Crippen molar-refractivity contribution < 1.29 is 29.0 Å². The fourth-order valence-electron chi connectivity index (χ4n) is 8.81. The van der Waals surface area contributed by atoms with E-state index in [9.17, 15) is 5.11 Å². The molecule has 2 aliphatic carbocycles. The number of thiazole rings is 1. The van der Waals surface area contributed by atoms with Gasteiger partial charge in [-0.15, -0.1) is 11.3 Å². The quantitative estimate of drug-likeness (QED) is 0.179. The molecule has 3 nitrogen and oxygen atoms in total. The molecule has 0 spiro atoms. The zero-order valence-electron chi connectivity index (χ0n) is 29.4. The Morgan fingerprint density at radius 3 is 1.82 bits per heavy atom. The summed E-state index contributed by atoms with van der Waals surface area (Å²) < 4.78 is 1.22. The monoisotopic (exact) mass is 669 g/mol. The molecular formula is C46H34LiN2OS+. The predicted molar refractivity (Wildman–Crippen MR) is 205 cm³/mol. The van der Waals surface area contributed by atoms with Crippen LogP contribution in [0.4, 0.5) is 0 Å². The fourth-order valence-corrected chi connectivity index (χ4v) is 9.78. The third-order valence-electron chi connectivity index (χ3n) is 11.3. The Balaban J connectivity index is 0.00000348. The molecule has 0 saturated carbocycles. The molecule has 0 atom stereocenters. The van der Waals surface area contributed by atoms with E-state index < -0.39 is 0 Å². The van der Waals surface area contributed by atoms with Crippen LogP contribution in [0.5, 0.6) is 5.75 Å². The maximum atomic E-state index is 12.6. The molecule has 0 saturated heterocycles. The largest absolute Gasteiger partial charge is 1.00 e. The van der Waals surface area contributed by atoms with Gasteiger partial charge in [-0.05, 0) is 103 Å². The van der Waals surface area contributed by atoms with Crippen molar-refractivity contribution in [1.29, 1.82) is 0 Å². The first-order chi connectivity index (χ1) is 24.2. The molecule has 0 fully saturated rings. The molecule has 10 rings (SSSR count). The number of benzene rings is 6. The smallest absolute Gasteiger partial charge is 0.868 e. The molecule has 0 radical (unpaired) electrons. The minimum Gasteiger partial charge on any atom is -0.868 e. The van der Waals surface area contributed by atoms with Crippen LogP contribution < -0.4 is 29.0 Å². The molecule has 0 aliphatic heterocycles. The van der Waals surface area contributed by atoms with E-state index in [1.54, 1.807) is 17.4 Å². The van der Waals surface area contributed by atoms with Crippen molar-refractivity contribution in [2.45, 2.75) is 38.5 Å². The molecule has 2 aromatic heterocycles. The van der Waals surface area contributed by atoms with Gasteiger partial charge in [0.05, 0.1) is 15.6 Å². The Labute approximate surface area is 313 Å². The van der Waals surface area contributed by atoms with Gasteiger partial charge < -0.3 is 5.11 Å². The van der Waals surface area contributed by atoms with Gasteiger partial charge >= 0.3 is 18.9 Å². The van der Waals surface area contributed by atoms with Gasteiger partial charge in [-0.1, -0.05) is 113 Å². The normalized spacial score (nSPS) is 14.5. The van der Waals surface area contributed by atoms with E-state index in [1.165, 1.54) is 60.3 Å². The maximum absolute atomic E-state index is 12.6. The number of rotatable bonds is 3. The van der Waals surface area contributed by atoms with Gasteiger partial charge in [0.15, 0.2) is 6.20 Å². The molecule has 2 aliphatic rings. The average Bonchev–Trinajstić information content (AvgIpc) is 3.75. The summed E-state index contributed by atoms with van der Waals surface area (Å²) in [7, 11) is 0. The molecule has 2 heterocycles. The molecule has 8 aromatic rings.